The Hall–Kier alpha value is -3.90. The minimum atomic E-state index is 0.0642. The SMILES string of the molecule is C=C1C=C(c2ccccc2)C=CCCC23CC(C2c2ccccc21)C1(CC)C2C=CC(CCCC)=CC(=C2)c2ccccc2C31CC. The largest absolute Gasteiger partial charge is 0.0911 e. The quantitative estimate of drug-likeness (QED) is 0.259. The number of unbranched alkanes of at least 4 members (excludes halogenated alkanes) is 1. The summed E-state index contributed by atoms with van der Waals surface area (Å²) in [5.74, 6) is 1.52. The third-order valence-electron chi connectivity index (χ3n) is 13.5. The molecule has 0 N–H and O–H groups in total. The highest BCUT2D eigenvalue weighted by atomic mass is 14.9. The van der Waals surface area contributed by atoms with Crippen LogP contribution >= 0.6 is 0 Å². The molecule has 238 valence electrons. The van der Waals surface area contributed by atoms with Crippen molar-refractivity contribution in [1.82, 2.24) is 0 Å². The van der Waals surface area contributed by atoms with E-state index in [1.54, 1.807) is 5.56 Å². The van der Waals surface area contributed by atoms with Gasteiger partial charge in [0.2, 0.25) is 0 Å². The lowest BCUT2D eigenvalue weighted by molar-refractivity contribution is 0.0316. The van der Waals surface area contributed by atoms with Gasteiger partial charge in [-0.25, -0.2) is 0 Å². The fourth-order valence-electron chi connectivity index (χ4n) is 11.9. The molecule has 8 rings (SSSR count). The number of allylic oxidation sites excluding steroid dienone is 11. The molecule has 0 nitrogen and oxygen atoms in total. The van der Waals surface area contributed by atoms with E-state index in [0.717, 1.165) is 18.4 Å². The summed E-state index contributed by atoms with van der Waals surface area (Å²) >= 11 is 0. The van der Waals surface area contributed by atoms with Gasteiger partial charge in [-0.2, -0.15) is 0 Å². The molecule has 0 spiro atoms. The molecule has 5 aliphatic rings. The summed E-state index contributed by atoms with van der Waals surface area (Å²) in [4.78, 5) is 0. The fraction of sp³-hybridized carbons (Fsp3) is 0.362. The Morgan fingerprint density at radius 1 is 0.787 bits per heavy atom. The van der Waals surface area contributed by atoms with Crippen molar-refractivity contribution in [3.8, 4) is 0 Å². The van der Waals surface area contributed by atoms with Gasteiger partial charge in [-0.15, -0.1) is 0 Å². The molecule has 0 amide bonds. The molecular weight excluding hydrogens is 565 g/mol. The predicted molar refractivity (Wildman–Crippen MR) is 201 cm³/mol. The van der Waals surface area contributed by atoms with Crippen LogP contribution in [-0.4, -0.2) is 0 Å². The molecule has 4 bridgehead atoms. The van der Waals surface area contributed by atoms with Crippen molar-refractivity contribution in [3.05, 3.63) is 161 Å². The molecule has 3 aromatic carbocycles. The van der Waals surface area contributed by atoms with E-state index in [0.29, 0.717) is 17.8 Å². The van der Waals surface area contributed by atoms with Crippen molar-refractivity contribution < 1.29 is 0 Å². The van der Waals surface area contributed by atoms with Gasteiger partial charge in [0.1, 0.15) is 0 Å². The lowest BCUT2D eigenvalue weighted by Gasteiger charge is -2.56. The monoisotopic (exact) mass is 614 g/mol. The third-order valence-corrected chi connectivity index (χ3v) is 13.5. The highest BCUT2D eigenvalue weighted by Crippen LogP contribution is 2.88. The summed E-state index contributed by atoms with van der Waals surface area (Å²) in [7, 11) is 0. The molecule has 5 aliphatic carbocycles. The lowest BCUT2D eigenvalue weighted by Crippen LogP contribution is -2.51. The first-order valence-corrected chi connectivity index (χ1v) is 18.5. The van der Waals surface area contributed by atoms with Crippen molar-refractivity contribution in [1.29, 1.82) is 0 Å². The Balaban J connectivity index is 1.37. The van der Waals surface area contributed by atoms with Crippen LogP contribution < -0.4 is 0 Å². The molecule has 0 heterocycles. The molecule has 0 saturated heterocycles. The summed E-state index contributed by atoms with van der Waals surface area (Å²) in [6.45, 7) is 12.1. The van der Waals surface area contributed by atoms with Gasteiger partial charge < -0.3 is 0 Å². The summed E-state index contributed by atoms with van der Waals surface area (Å²) in [5, 5.41) is 0. The highest BCUT2D eigenvalue weighted by Gasteiger charge is 2.82. The Morgan fingerprint density at radius 3 is 2.34 bits per heavy atom. The van der Waals surface area contributed by atoms with E-state index in [1.165, 1.54) is 77.5 Å². The Kier molecular flexibility index (Phi) is 7.55. The van der Waals surface area contributed by atoms with Gasteiger partial charge >= 0.3 is 0 Å². The first-order chi connectivity index (χ1) is 23.0. The minimum absolute atomic E-state index is 0.0642. The van der Waals surface area contributed by atoms with E-state index in [1.807, 2.05) is 0 Å². The van der Waals surface area contributed by atoms with Crippen molar-refractivity contribution in [2.75, 3.05) is 0 Å². The molecule has 3 aromatic rings. The van der Waals surface area contributed by atoms with Gasteiger partial charge in [0, 0.05) is 11.3 Å². The van der Waals surface area contributed by atoms with Gasteiger partial charge in [0.05, 0.1) is 0 Å². The van der Waals surface area contributed by atoms with Crippen LogP contribution in [0.15, 0.2) is 134 Å². The molecule has 0 radical (unpaired) electrons. The first kappa shape index (κ1) is 30.4. The van der Waals surface area contributed by atoms with Crippen LogP contribution in [0.25, 0.3) is 16.7 Å². The van der Waals surface area contributed by atoms with Crippen molar-refractivity contribution in [3.63, 3.8) is 0 Å². The summed E-state index contributed by atoms with van der Waals surface area (Å²) in [5.41, 5.74) is 13.0. The Morgan fingerprint density at radius 2 is 1.55 bits per heavy atom. The summed E-state index contributed by atoms with van der Waals surface area (Å²) in [6.07, 6.45) is 27.3. The van der Waals surface area contributed by atoms with Crippen LogP contribution in [0.1, 0.15) is 106 Å². The molecule has 47 heavy (non-hydrogen) atoms. The van der Waals surface area contributed by atoms with E-state index in [9.17, 15) is 0 Å². The molecule has 0 aliphatic heterocycles. The van der Waals surface area contributed by atoms with Crippen LogP contribution in [0, 0.1) is 22.7 Å². The number of hydrogen-bond acceptors (Lipinski definition) is 0. The second-order valence-corrected chi connectivity index (χ2v) is 15.0. The second-order valence-electron chi connectivity index (χ2n) is 15.0. The van der Waals surface area contributed by atoms with Crippen LogP contribution in [0.4, 0.5) is 0 Å². The number of rotatable bonds is 6. The second kappa shape index (κ2) is 11.7. The predicted octanol–water partition coefficient (Wildman–Crippen LogP) is 12.7. The average Bonchev–Trinajstić information content (AvgIpc) is 3.28. The molecule has 6 unspecified atom stereocenters. The smallest absolute Gasteiger partial charge is 0.00868 e. The zero-order valence-corrected chi connectivity index (χ0v) is 28.6. The topological polar surface area (TPSA) is 0 Å². The van der Waals surface area contributed by atoms with Crippen LogP contribution in [0.5, 0.6) is 0 Å². The van der Waals surface area contributed by atoms with Gasteiger partial charge in [0.15, 0.2) is 0 Å². The van der Waals surface area contributed by atoms with E-state index in [2.05, 4.69) is 142 Å². The van der Waals surface area contributed by atoms with Gasteiger partial charge in [0.25, 0.3) is 0 Å². The first-order valence-electron chi connectivity index (χ1n) is 18.5. The maximum absolute atomic E-state index is 4.76. The fourth-order valence-corrected chi connectivity index (χ4v) is 11.9. The Labute approximate surface area is 283 Å². The normalized spacial score (nSPS) is 31.8. The van der Waals surface area contributed by atoms with Gasteiger partial charge in [-0.05, 0) is 124 Å². The zero-order chi connectivity index (χ0) is 32.2. The maximum Gasteiger partial charge on any atom is 0.00868 e. The Bertz CT molecular complexity index is 1860. The molecule has 2 fully saturated rings. The molecule has 0 heteroatoms. The van der Waals surface area contributed by atoms with Crippen molar-refractivity contribution in [2.24, 2.45) is 22.7 Å². The summed E-state index contributed by atoms with van der Waals surface area (Å²) < 4.78 is 0. The van der Waals surface area contributed by atoms with E-state index >= 15 is 0 Å². The number of hydrogen-bond donors (Lipinski definition) is 0. The molecule has 2 saturated carbocycles. The maximum atomic E-state index is 4.76. The van der Waals surface area contributed by atoms with Crippen molar-refractivity contribution in [2.45, 2.75) is 83.5 Å². The van der Waals surface area contributed by atoms with Gasteiger partial charge in [-0.1, -0.05) is 149 Å². The van der Waals surface area contributed by atoms with Crippen LogP contribution in [-0.2, 0) is 5.41 Å². The average molecular weight is 615 g/mol. The van der Waals surface area contributed by atoms with E-state index < -0.39 is 0 Å². The minimum Gasteiger partial charge on any atom is -0.0911 e. The number of fused-ring (bicyclic) bond motifs is 8. The van der Waals surface area contributed by atoms with E-state index in [-0.39, 0.29) is 16.2 Å². The van der Waals surface area contributed by atoms with Gasteiger partial charge in [-0.3, -0.25) is 0 Å². The lowest BCUT2D eigenvalue weighted by atomic mass is 9.47. The van der Waals surface area contributed by atoms with Crippen molar-refractivity contribution >= 4 is 16.7 Å². The molecular formula is C47H50. The molecule has 0 aromatic heterocycles. The summed E-state index contributed by atoms with van der Waals surface area (Å²) in [6, 6.07) is 29.9. The molecule has 6 atom stereocenters. The standard InChI is InChI=1S/C47H50/c1-5-8-18-34-26-27-38-31-37(30-34)40-23-14-15-25-42(40)47(7-3)45-28-17-16-21-36(35-19-10-9-11-20-35)29-33(4)39-22-12-13-24-41(39)44(45)43(32-45)46(38,47)6-2/h9-16,19-27,29-31,38,43-44H,4-8,17-18,28,32H2,1-3H3. The zero-order valence-electron chi connectivity index (χ0n) is 28.6. The number of benzene rings is 3. The van der Waals surface area contributed by atoms with Crippen LogP contribution in [0.3, 0.4) is 0 Å². The third kappa shape index (κ3) is 4.13. The van der Waals surface area contributed by atoms with Crippen LogP contribution in [0.2, 0.25) is 0 Å². The highest BCUT2D eigenvalue weighted by molar-refractivity contribution is 5.88. The van der Waals surface area contributed by atoms with E-state index in [4.69, 9.17) is 6.58 Å².